The van der Waals surface area contributed by atoms with Gasteiger partial charge in [0.25, 0.3) is 11.8 Å². The Balaban J connectivity index is 1.88. The minimum atomic E-state index is -0.479. The van der Waals surface area contributed by atoms with Gasteiger partial charge in [0.05, 0.1) is 12.2 Å². The number of halogens is 2. The molecule has 8 heteroatoms. The van der Waals surface area contributed by atoms with E-state index in [1.807, 2.05) is 6.92 Å². The molecule has 0 radical (unpaired) electrons. The zero-order valence-corrected chi connectivity index (χ0v) is 17.2. The Hall–Kier alpha value is -2.06. The maximum Gasteiger partial charge on any atom is 0.276 e. The summed E-state index contributed by atoms with van der Waals surface area (Å²) in [6.45, 7) is 2.25. The van der Waals surface area contributed by atoms with Gasteiger partial charge in [-0.25, -0.2) is 0 Å². The van der Waals surface area contributed by atoms with Crippen LogP contribution in [-0.2, 0) is 4.79 Å². The van der Waals surface area contributed by atoms with Gasteiger partial charge in [0.2, 0.25) is 0 Å². The molecule has 0 aromatic heterocycles. The van der Waals surface area contributed by atoms with Crippen LogP contribution in [0.3, 0.4) is 0 Å². The molecule has 2 aromatic carbocycles. The van der Waals surface area contributed by atoms with E-state index in [2.05, 4.69) is 42.7 Å². The number of carbonyl (C=O) groups is 2. The van der Waals surface area contributed by atoms with Gasteiger partial charge in [-0.15, -0.1) is 0 Å². The molecule has 0 bridgehead atoms. The van der Waals surface area contributed by atoms with E-state index >= 15 is 0 Å². The lowest BCUT2D eigenvalue weighted by Gasteiger charge is -2.12. The molecule has 0 unspecified atom stereocenters. The Morgan fingerprint density at radius 1 is 0.962 bits per heavy atom. The Morgan fingerprint density at radius 3 is 2.35 bits per heavy atom. The SMILES string of the molecule is CCCOc1ccc(Br)cc1C(=O)NNC(=O)COc1ccc(Br)cc1. The fourth-order valence-electron chi connectivity index (χ4n) is 1.93. The molecule has 2 aromatic rings. The van der Waals surface area contributed by atoms with Gasteiger partial charge >= 0.3 is 0 Å². The number of nitrogens with one attached hydrogen (secondary N) is 2. The minimum Gasteiger partial charge on any atom is -0.493 e. The van der Waals surface area contributed by atoms with Crippen LogP contribution < -0.4 is 20.3 Å². The first-order valence-corrected chi connectivity index (χ1v) is 9.48. The molecule has 0 aliphatic heterocycles. The van der Waals surface area contributed by atoms with E-state index in [1.54, 1.807) is 42.5 Å². The number of amides is 2. The van der Waals surface area contributed by atoms with Gasteiger partial charge in [-0.05, 0) is 48.9 Å². The zero-order valence-electron chi connectivity index (χ0n) is 14.1. The predicted octanol–water partition coefficient (Wildman–Crippen LogP) is 3.84. The fourth-order valence-corrected chi connectivity index (χ4v) is 2.55. The van der Waals surface area contributed by atoms with Crippen molar-refractivity contribution >= 4 is 43.7 Å². The number of ether oxygens (including phenoxy) is 2. The standard InChI is InChI=1S/C18H18Br2N2O4/c1-2-9-25-16-8-5-13(20)10-15(16)18(24)22-21-17(23)11-26-14-6-3-12(19)4-7-14/h3-8,10H,2,9,11H2,1H3,(H,21,23)(H,22,24). The van der Waals surface area contributed by atoms with Crippen LogP contribution in [0.4, 0.5) is 0 Å². The zero-order chi connectivity index (χ0) is 18.9. The molecule has 0 fully saturated rings. The molecule has 0 saturated heterocycles. The van der Waals surface area contributed by atoms with Crippen molar-refractivity contribution in [2.24, 2.45) is 0 Å². The first kappa shape index (κ1) is 20.3. The van der Waals surface area contributed by atoms with Crippen molar-refractivity contribution in [2.75, 3.05) is 13.2 Å². The van der Waals surface area contributed by atoms with Gasteiger partial charge in [0, 0.05) is 8.95 Å². The highest BCUT2D eigenvalue weighted by Gasteiger charge is 2.14. The first-order valence-electron chi connectivity index (χ1n) is 7.89. The lowest BCUT2D eigenvalue weighted by molar-refractivity contribution is -0.123. The second-order valence-electron chi connectivity index (χ2n) is 5.23. The topological polar surface area (TPSA) is 76.7 Å². The minimum absolute atomic E-state index is 0.223. The number of carbonyl (C=O) groups excluding carboxylic acids is 2. The number of rotatable bonds is 7. The summed E-state index contributed by atoms with van der Waals surface area (Å²) in [5.41, 5.74) is 5.00. The largest absolute Gasteiger partial charge is 0.493 e. The van der Waals surface area contributed by atoms with Crippen molar-refractivity contribution in [3.63, 3.8) is 0 Å². The molecule has 0 aliphatic carbocycles. The van der Waals surface area contributed by atoms with Gasteiger partial charge in [-0.1, -0.05) is 38.8 Å². The summed E-state index contributed by atoms with van der Waals surface area (Å²) in [7, 11) is 0. The average Bonchev–Trinajstić information content (AvgIpc) is 2.64. The van der Waals surface area contributed by atoms with E-state index in [0.29, 0.717) is 23.7 Å². The Kier molecular flexibility index (Phi) is 7.93. The molecular formula is C18H18Br2N2O4. The van der Waals surface area contributed by atoms with E-state index in [4.69, 9.17) is 9.47 Å². The van der Waals surface area contributed by atoms with Crippen molar-refractivity contribution in [2.45, 2.75) is 13.3 Å². The third kappa shape index (κ3) is 6.34. The molecule has 0 atom stereocenters. The summed E-state index contributed by atoms with van der Waals surface area (Å²) >= 11 is 6.64. The summed E-state index contributed by atoms with van der Waals surface area (Å²) in [5, 5.41) is 0. The molecular weight excluding hydrogens is 468 g/mol. The summed E-state index contributed by atoms with van der Waals surface area (Å²) in [5.74, 6) is 0.0477. The summed E-state index contributed by atoms with van der Waals surface area (Å²) in [6.07, 6.45) is 0.821. The molecule has 0 aliphatic rings. The van der Waals surface area contributed by atoms with Crippen LogP contribution >= 0.6 is 31.9 Å². The van der Waals surface area contributed by atoms with Crippen LogP contribution in [0.25, 0.3) is 0 Å². The van der Waals surface area contributed by atoms with Gasteiger partial charge in [-0.2, -0.15) is 0 Å². The third-order valence-electron chi connectivity index (χ3n) is 3.15. The van der Waals surface area contributed by atoms with Crippen molar-refractivity contribution in [1.29, 1.82) is 0 Å². The van der Waals surface area contributed by atoms with Gasteiger partial charge in [0.1, 0.15) is 11.5 Å². The van der Waals surface area contributed by atoms with E-state index in [0.717, 1.165) is 15.4 Å². The van der Waals surface area contributed by atoms with Crippen LogP contribution in [0.5, 0.6) is 11.5 Å². The van der Waals surface area contributed by atoms with Crippen LogP contribution in [0.2, 0.25) is 0 Å². The number of benzene rings is 2. The highest BCUT2D eigenvalue weighted by atomic mass is 79.9. The van der Waals surface area contributed by atoms with Crippen LogP contribution in [-0.4, -0.2) is 25.0 Å². The molecule has 0 spiro atoms. The van der Waals surface area contributed by atoms with Gasteiger partial charge in [-0.3, -0.25) is 20.4 Å². The second-order valence-corrected chi connectivity index (χ2v) is 7.07. The summed E-state index contributed by atoms with van der Waals surface area (Å²) in [4.78, 5) is 24.2. The molecule has 2 N–H and O–H groups in total. The highest BCUT2D eigenvalue weighted by Crippen LogP contribution is 2.23. The second kappa shape index (κ2) is 10.2. The average molecular weight is 486 g/mol. The summed E-state index contributed by atoms with van der Waals surface area (Å²) in [6, 6.07) is 12.2. The van der Waals surface area contributed by atoms with E-state index in [1.165, 1.54) is 0 Å². The third-order valence-corrected chi connectivity index (χ3v) is 4.17. The number of hydrogen-bond donors (Lipinski definition) is 2. The molecule has 0 heterocycles. The Labute approximate surface area is 168 Å². The van der Waals surface area contributed by atoms with Crippen molar-refractivity contribution < 1.29 is 19.1 Å². The van der Waals surface area contributed by atoms with Gasteiger partial charge in [0.15, 0.2) is 6.61 Å². The Bertz CT molecular complexity index is 766. The molecule has 2 rings (SSSR count). The van der Waals surface area contributed by atoms with Crippen molar-refractivity contribution in [3.8, 4) is 11.5 Å². The lowest BCUT2D eigenvalue weighted by atomic mass is 10.2. The van der Waals surface area contributed by atoms with Crippen LogP contribution in [0.1, 0.15) is 23.7 Å². The fraction of sp³-hybridized carbons (Fsp3) is 0.222. The Morgan fingerprint density at radius 2 is 1.65 bits per heavy atom. The smallest absolute Gasteiger partial charge is 0.276 e. The lowest BCUT2D eigenvalue weighted by Crippen LogP contribution is -2.44. The van der Waals surface area contributed by atoms with Crippen LogP contribution in [0, 0.1) is 0 Å². The molecule has 2 amide bonds. The van der Waals surface area contributed by atoms with Crippen LogP contribution in [0.15, 0.2) is 51.4 Å². The molecule has 138 valence electrons. The predicted molar refractivity (Wildman–Crippen MR) is 105 cm³/mol. The molecule has 6 nitrogen and oxygen atoms in total. The molecule has 26 heavy (non-hydrogen) atoms. The van der Waals surface area contributed by atoms with E-state index in [-0.39, 0.29) is 6.61 Å². The maximum absolute atomic E-state index is 12.3. The molecule has 0 saturated carbocycles. The monoisotopic (exact) mass is 484 g/mol. The first-order chi connectivity index (χ1) is 12.5. The van der Waals surface area contributed by atoms with Gasteiger partial charge < -0.3 is 9.47 Å². The highest BCUT2D eigenvalue weighted by molar-refractivity contribution is 9.10. The summed E-state index contributed by atoms with van der Waals surface area (Å²) < 4.78 is 12.5. The van der Waals surface area contributed by atoms with Crippen molar-refractivity contribution in [1.82, 2.24) is 10.9 Å². The van der Waals surface area contributed by atoms with E-state index in [9.17, 15) is 9.59 Å². The quantitative estimate of drug-likeness (QED) is 0.584. The van der Waals surface area contributed by atoms with E-state index < -0.39 is 11.8 Å². The normalized spacial score (nSPS) is 10.1. The number of hydrazine groups is 1. The number of hydrogen-bond acceptors (Lipinski definition) is 4. The maximum atomic E-state index is 12.3. The van der Waals surface area contributed by atoms with Crippen molar-refractivity contribution in [3.05, 3.63) is 57.0 Å².